The van der Waals surface area contributed by atoms with Gasteiger partial charge in [-0.25, -0.2) is 17.5 Å². The second-order valence-electron chi connectivity index (χ2n) is 5.49. The minimum Gasteiger partial charge on any atom is -0.316 e. The molecule has 4 nitrogen and oxygen atoms in total. The molecule has 2 N–H and O–H groups in total. The van der Waals surface area contributed by atoms with Crippen molar-refractivity contribution in [3.05, 3.63) is 29.6 Å². The minimum absolute atomic E-state index is 0.148. The van der Waals surface area contributed by atoms with Crippen LogP contribution in [0.5, 0.6) is 0 Å². The maximum Gasteiger partial charge on any atom is 0.240 e. The van der Waals surface area contributed by atoms with E-state index in [-0.39, 0.29) is 4.90 Å². The molecule has 1 aromatic rings. The number of halogens is 1. The summed E-state index contributed by atoms with van der Waals surface area (Å²) in [5, 5.41) is 3.28. The van der Waals surface area contributed by atoms with E-state index in [2.05, 4.69) is 17.0 Å². The molecule has 1 aromatic carbocycles. The van der Waals surface area contributed by atoms with Gasteiger partial charge in [-0.3, -0.25) is 0 Å². The topological polar surface area (TPSA) is 58.2 Å². The smallest absolute Gasteiger partial charge is 0.240 e. The Hall–Kier alpha value is -0.980. The van der Waals surface area contributed by atoms with Gasteiger partial charge in [0.15, 0.2) is 0 Å². The fraction of sp³-hybridized carbons (Fsp3) is 0.571. The van der Waals surface area contributed by atoms with Crippen LogP contribution in [0, 0.1) is 24.6 Å². The number of aryl methyl sites for hydroxylation is 1. The molecule has 0 spiro atoms. The molecule has 1 aliphatic rings. The number of nitrogens with one attached hydrogen (secondary N) is 2. The molecule has 2 unspecified atom stereocenters. The molecule has 0 aromatic heterocycles. The second kappa shape index (κ2) is 6.20. The minimum atomic E-state index is -3.57. The van der Waals surface area contributed by atoms with Crippen LogP contribution in [0.3, 0.4) is 0 Å². The molecule has 0 amide bonds. The van der Waals surface area contributed by atoms with Crippen LogP contribution in [0.25, 0.3) is 0 Å². The van der Waals surface area contributed by atoms with Crippen molar-refractivity contribution < 1.29 is 12.8 Å². The van der Waals surface area contributed by atoms with Gasteiger partial charge in [0.1, 0.15) is 5.82 Å². The molecule has 0 saturated carbocycles. The summed E-state index contributed by atoms with van der Waals surface area (Å²) in [7, 11) is -3.57. The Labute approximate surface area is 119 Å². The molecule has 1 aliphatic heterocycles. The van der Waals surface area contributed by atoms with Crippen LogP contribution in [0.1, 0.15) is 18.9 Å². The van der Waals surface area contributed by atoms with Crippen molar-refractivity contribution in [3.63, 3.8) is 0 Å². The van der Waals surface area contributed by atoms with E-state index < -0.39 is 15.8 Å². The summed E-state index contributed by atoms with van der Waals surface area (Å²) >= 11 is 0. The Kier molecular flexibility index (Phi) is 4.78. The van der Waals surface area contributed by atoms with Gasteiger partial charge in [-0.05, 0) is 62.0 Å². The molecule has 1 fully saturated rings. The van der Waals surface area contributed by atoms with Crippen LogP contribution < -0.4 is 10.0 Å². The van der Waals surface area contributed by atoms with Crippen molar-refractivity contribution in [2.75, 3.05) is 19.6 Å². The summed E-state index contributed by atoms with van der Waals surface area (Å²) in [6.45, 7) is 5.96. The molecule has 0 aliphatic carbocycles. The molecule has 0 bridgehead atoms. The van der Waals surface area contributed by atoms with Crippen molar-refractivity contribution in [2.45, 2.75) is 25.2 Å². The van der Waals surface area contributed by atoms with Crippen molar-refractivity contribution in [1.29, 1.82) is 0 Å². The van der Waals surface area contributed by atoms with Crippen LogP contribution in [0.4, 0.5) is 4.39 Å². The first kappa shape index (κ1) is 15.4. The highest BCUT2D eigenvalue weighted by atomic mass is 32.2. The highest BCUT2D eigenvalue weighted by Crippen LogP contribution is 2.20. The number of hydrogen-bond acceptors (Lipinski definition) is 3. The van der Waals surface area contributed by atoms with Gasteiger partial charge in [0.05, 0.1) is 4.90 Å². The van der Waals surface area contributed by atoms with E-state index in [0.29, 0.717) is 23.9 Å². The molecule has 0 radical (unpaired) electrons. The third-order valence-electron chi connectivity index (χ3n) is 3.95. The third-order valence-corrected chi connectivity index (χ3v) is 5.53. The van der Waals surface area contributed by atoms with Gasteiger partial charge in [0, 0.05) is 6.54 Å². The highest BCUT2D eigenvalue weighted by molar-refractivity contribution is 7.89. The quantitative estimate of drug-likeness (QED) is 0.889. The Morgan fingerprint density at radius 2 is 2.20 bits per heavy atom. The Morgan fingerprint density at radius 1 is 1.45 bits per heavy atom. The molecular weight excluding hydrogens is 279 g/mol. The Bertz CT molecular complexity index is 575. The van der Waals surface area contributed by atoms with Gasteiger partial charge >= 0.3 is 0 Å². The lowest BCUT2D eigenvalue weighted by Crippen LogP contribution is -2.42. The average molecular weight is 300 g/mol. The second-order valence-corrected chi connectivity index (χ2v) is 7.23. The molecule has 1 saturated heterocycles. The van der Waals surface area contributed by atoms with E-state index in [1.807, 2.05) is 0 Å². The zero-order valence-electron chi connectivity index (χ0n) is 11.8. The van der Waals surface area contributed by atoms with Gasteiger partial charge in [-0.2, -0.15) is 0 Å². The van der Waals surface area contributed by atoms with Gasteiger partial charge in [-0.1, -0.05) is 6.92 Å². The maximum absolute atomic E-state index is 13.0. The fourth-order valence-corrected chi connectivity index (χ4v) is 3.86. The van der Waals surface area contributed by atoms with E-state index in [9.17, 15) is 12.8 Å². The summed E-state index contributed by atoms with van der Waals surface area (Å²) in [5.74, 6) is 0.360. The number of benzene rings is 1. The van der Waals surface area contributed by atoms with E-state index >= 15 is 0 Å². The summed E-state index contributed by atoms with van der Waals surface area (Å²) in [6.07, 6.45) is 1.06. The van der Waals surface area contributed by atoms with E-state index in [0.717, 1.165) is 19.5 Å². The van der Waals surface area contributed by atoms with Crippen molar-refractivity contribution in [3.8, 4) is 0 Å². The van der Waals surface area contributed by atoms with E-state index in [1.54, 1.807) is 6.92 Å². The van der Waals surface area contributed by atoms with Crippen LogP contribution in [0.2, 0.25) is 0 Å². The lowest BCUT2D eigenvalue weighted by atomic mass is 9.88. The van der Waals surface area contributed by atoms with Gasteiger partial charge in [0.2, 0.25) is 10.0 Å². The first-order valence-electron chi connectivity index (χ1n) is 6.86. The predicted molar refractivity (Wildman–Crippen MR) is 76.5 cm³/mol. The van der Waals surface area contributed by atoms with Crippen LogP contribution in [-0.4, -0.2) is 28.1 Å². The predicted octanol–water partition coefficient (Wildman–Crippen LogP) is 1.66. The number of rotatable bonds is 4. The first-order chi connectivity index (χ1) is 9.40. The number of hydrogen-bond donors (Lipinski definition) is 2. The van der Waals surface area contributed by atoms with Crippen molar-refractivity contribution in [2.24, 2.45) is 11.8 Å². The molecule has 2 rings (SSSR count). The largest absolute Gasteiger partial charge is 0.316 e. The monoisotopic (exact) mass is 300 g/mol. The summed E-state index contributed by atoms with van der Waals surface area (Å²) < 4.78 is 40.2. The molecule has 20 heavy (non-hydrogen) atoms. The summed E-state index contributed by atoms with van der Waals surface area (Å²) in [4.78, 5) is 0.148. The van der Waals surface area contributed by atoms with Crippen molar-refractivity contribution in [1.82, 2.24) is 10.0 Å². The van der Waals surface area contributed by atoms with Gasteiger partial charge in [-0.15, -0.1) is 0 Å². The first-order valence-corrected chi connectivity index (χ1v) is 8.35. The molecule has 1 heterocycles. The zero-order chi connectivity index (χ0) is 14.8. The van der Waals surface area contributed by atoms with Gasteiger partial charge in [0.25, 0.3) is 0 Å². The highest BCUT2D eigenvalue weighted by Gasteiger charge is 2.24. The summed E-state index contributed by atoms with van der Waals surface area (Å²) in [6, 6.07) is 3.72. The molecule has 2 atom stereocenters. The standard InChI is InChI=1S/C14H21FN2O2S/c1-10-5-6-16-8-12(10)9-17-20(18,19)14-4-3-13(15)7-11(14)2/h3-4,7,10,12,16-17H,5-6,8-9H2,1-2H3. The van der Waals surface area contributed by atoms with E-state index in [4.69, 9.17) is 0 Å². The lowest BCUT2D eigenvalue weighted by molar-refractivity contribution is 0.275. The molecular formula is C14H21FN2O2S. The van der Waals surface area contributed by atoms with Gasteiger partial charge < -0.3 is 5.32 Å². The van der Waals surface area contributed by atoms with Crippen LogP contribution in [-0.2, 0) is 10.0 Å². The summed E-state index contributed by atoms with van der Waals surface area (Å²) in [5.41, 5.74) is 0.423. The Balaban J connectivity index is 2.07. The maximum atomic E-state index is 13.0. The number of piperidine rings is 1. The lowest BCUT2D eigenvalue weighted by Gasteiger charge is -2.29. The number of sulfonamides is 1. The van der Waals surface area contributed by atoms with Crippen LogP contribution in [0.15, 0.2) is 23.1 Å². The SMILES string of the molecule is Cc1cc(F)ccc1S(=O)(=O)NCC1CNCCC1C. The van der Waals surface area contributed by atoms with Crippen molar-refractivity contribution >= 4 is 10.0 Å². The zero-order valence-corrected chi connectivity index (χ0v) is 12.6. The fourth-order valence-electron chi connectivity index (χ4n) is 2.54. The third kappa shape index (κ3) is 3.56. The van der Waals surface area contributed by atoms with E-state index in [1.165, 1.54) is 18.2 Å². The average Bonchev–Trinajstić information content (AvgIpc) is 2.37. The Morgan fingerprint density at radius 3 is 2.85 bits per heavy atom. The normalized spacial score (nSPS) is 23.8. The van der Waals surface area contributed by atoms with Crippen LogP contribution >= 0.6 is 0 Å². The molecule has 6 heteroatoms. The molecule has 112 valence electrons.